The summed E-state index contributed by atoms with van der Waals surface area (Å²) in [6.45, 7) is 0.781. The molecule has 2 aromatic rings. The molecule has 5 nitrogen and oxygen atoms in total. The van der Waals surface area contributed by atoms with Gasteiger partial charge in [0.15, 0.2) is 9.84 Å². The van der Waals surface area contributed by atoms with Gasteiger partial charge in [0.05, 0.1) is 10.6 Å². The summed E-state index contributed by atoms with van der Waals surface area (Å²) in [5.41, 5.74) is 1.26. The fourth-order valence-corrected chi connectivity index (χ4v) is 3.68. The molecule has 136 valence electrons. The molecule has 2 rings (SSSR count). The number of hydrogen-bond donors (Lipinski definition) is 2. The van der Waals surface area contributed by atoms with Gasteiger partial charge < -0.3 is 10.6 Å². The van der Waals surface area contributed by atoms with Gasteiger partial charge in [-0.3, -0.25) is 4.79 Å². The van der Waals surface area contributed by atoms with E-state index in [9.17, 15) is 13.2 Å². The Bertz CT molecular complexity index is 780. The molecule has 0 unspecified atom stereocenters. The van der Waals surface area contributed by atoms with Gasteiger partial charge in [0.2, 0.25) is 5.91 Å². The van der Waals surface area contributed by atoms with Crippen molar-refractivity contribution < 1.29 is 13.2 Å². The summed E-state index contributed by atoms with van der Waals surface area (Å²) in [5, 5.41) is 5.80. The second-order valence-corrected chi connectivity index (χ2v) is 7.52. The Labute approximate surface area is 155 Å². The molecule has 2 N–H and O–H groups in total. The molecule has 0 saturated carbocycles. The third-order valence-corrected chi connectivity index (χ3v) is 5.20. The van der Waals surface area contributed by atoms with Crippen molar-refractivity contribution in [2.45, 2.75) is 23.5 Å². The maximum Gasteiger partial charge on any atom is 0.224 e. The predicted octanol–water partition coefficient (Wildman–Crippen LogP) is 3.02. The van der Waals surface area contributed by atoms with E-state index in [1.807, 2.05) is 7.05 Å². The molecular formula is C18H23ClN2O3S. The molecule has 1 amide bonds. The first-order valence-electron chi connectivity index (χ1n) is 7.82. The number of carbonyl (C=O) groups excluding carboxylic acids is 1. The fourth-order valence-electron chi connectivity index (χ4n) is 2.32. The topological polar surface area (TPSA) is 75.3 Å². The van der Waals surface area contributed by atoms with Crippen LogP contribution in [-0.2, 0) is 20.4 Å². The summed E-state index contributed by atoms with van der Waals surface area (Å²) < 4.78 is 24.8. The number of benzene rings is 2. The number of anilines is 1. The number of carbonyl (C=O) groups is 1. The zero-order valence-electron chi connectivity index (χ0n) is 14.1. The molecule has 0 spiro atoms. The Morgan fingerprint density at radius 2 is 1.76 bits per heavy atom. The Morgan fingerprint density at radius 1 is 1.04 bits per heavy atom. The van der Waals surface area contributed by atoms with Crippen LogP contribution in [-0.4, -0.2) is 27.9 Å². The quantitative estimate of drug-likeness (QED) is 0.688. The molecule has 2 aromatic carbocycles. The summed E-state index contributed by atoms with van der Waals surface area (Å²) in [4.78, 5) is 12.1. The lowest BCUT2D eigenvalue weighted by Gasteiger charge is -2.08. The van der Waals surface area contributed by atoms with E-state index in [1.54, 1.807) is 54.6 Å². The summed E-state index contributed by atoms with van der Waals surface area (Å²) in [5.74, 6) is -0.172. The van der Waals surface area contributed by atoms with Gasteiger partial charge in [0.25, 0.3) is 0 Å². The van der Waals surface area contributed by atoms with Gasteiger partial charge in [0, 0.05) is 12.1 Å². The van der Waals surface area contributed by atoms with Crippen LogP contribution >= 0.6 is 12.4 Å². The number of amides is 1. The molecule has 0 bridgehead atoms. The highest BCUT2D eigenvalue weighted by atomic mass is 35.5. The minimum atomic E-state index is -3.40. The summed E-state index contributed by atoms with van der Waals surface area (Å²) in [7, 11) is -1.56. The van der Waals surface area contributed by atoms with Crippen molar-refractivity contribution in [3.8, 4) is 0 Å². The number of rotatable bonds is 8. The van der Waals surface area contributed by atoms with Crippen LogP contribution in [0.2, 0.25) is 0 Å². The van der Waals surface area contributed by atoms with Crippen molar-refractivity contribution in [1.29, 1.82) is 0 Å². The Hall–Kier alpha value is -1.89. The van der Waals surface area contributed by atoms with Crippen molar-refractivity contribution in [2.24, 2.45) is 0 Å². The van der Waals surface area contributed by atoms with Crippen LogP contribution in [0.25, 0.3) is 0 Å². The number of hydrogen-bond acceptors (Lipinski definition) is 4. The zero-order valence-corrected chi connectivity index (χ0v) is 15.7. The maximum atomic E-state index is 12.4. The van der Waals surface area contributed by atoms with Crippen LogP contribution in [0, 0.1) is 0 Å². The average molecular weight is 383 g/mol. The lowest BCUT2D eigenvalue weighted by atomic mass is 10.2. The van der Waals surface area contributed by atoms with Gasteiger partial charge in [-0.15, -0.1) is 12.4 Å². The minimum absolute atomic E-state index is 0. The Balaban J connectivity index is 0.00000312. The molecule has 0 aliphatic heterocycles. The monoisotopic (exact) mass is 382 g/mol. The summed E-state index contributed by atoms with van der Waals surface area (Å²) in [6.07, 6.45) is 1.18. The molecular weight excluding hydrogens is 360 g/mol. The highest BCUT2D eigenvalue weighted by Crippen LogP contribution is 2.18. The van der Waals surface area contributed by atoms with Crippen LogP contribution in [0.1, 0.15) is 18.4 Å². The summed E-state index contributed by atoms with van der Waals surface area (Å²) in [6, 6.07) is 15.3. The molecule has 25 heavy (non-hydrogen) atoms. The van der Waals surface area contributed by atoms with Crippen molar-refractivity contribution in [1.82, 2.24) is 5.32 Å². The van der Waals surface area contributed by atoms with Crippen LogP contribution in [0.4, 0.5) is 5.69 Å². The average Bonchev–Trinajstić information content (AvgIpc) is 2.56. The molecule has 0 aromatic heterocycles. The van der Waals surface area contributed by atoms with Gasteiger partial charge in [-0.2, -0.15) is 0 Å². The third-order valence-electron chi connectivity index (χ3n) is 3.50. The first-order chi connectivity index (χ1) is 11.5. The second-order valence-electron chi connectivity index (χ2n) is 5.53. The van der Waals surface area contributed by atoms with Crippen molar-refractivity contribution in [2.75, 3.05) is 18.9 Å². The number of halogens is 1. The normalized spacial score (nSPS) is 10.8. The van der Waals surface area contributed by atoms with E-state index in [4.69, 9.17) is 0 Å². The standard InChI is InChI=1S/C18H22N2O3S.ClH/c1-19-12-6-11-18(21)20-16-8-5-7-15(13-16)14-24(22,23)17-9-3-2-4-10-17;/h2-5,7-10,13,19H,6,11-12,14H2,1H3,(H,20,21);1H. The van der Waals surface area contributed by atoms with E-state index >= 15 is 0 Å². The molecule has 0 fully saturated rings. The SMILES string of the molecule is CNCCCC(=O)Nc1cccc(CS(=O)(=O)c2ccccc2)c1.Cl. The second kappa shape index (κ2) is 10.2. The van der Waals surface area contributed by atoms with Crippen molar-refractivity contribution in [3.05, 3.63) is 60.2 Å². The van der Waals surface area contributed by atoms with E-state index in [1.165, 1.54) is 0 Å². The molecule has 0 saturated heterocycles. The number of sulfone groups is 1. The lowest BCUT2D eigenvalue weighted by molar-refractivity contribution is -0.116. The fraction of sp³-hybridized carbons (Fsp3) is 0.278. The van der Waals surface area contributed by atoms with Gasteiger partial charge in [-0.1, -0.05) is 30.3 Å². The predicted molar refractivity (Wildman–Crippen MR) is 103 cm³/mol. The molecule has 0 aliphatic rings. The van der Waals surface area contributed by atoms with Crippen LogP contribution in [0.5, 0.6) is 0 Å². The zero-order chi connectivity index (χ0) is 17.4. The van der Waals surface area contributed by atoms with Gasteiger partial charge in [-0.05, 0) is 49.8 Å². The van der Waals surface area contributed by atoms with E-state index in [-0.39, 0.29) is 24.1 Å². The highest BCUT2D eigenvalue weighted by Gasteiger charge is 2.15. The van der Waals surface area contributed by atoms with E-state index < -0.39 is 9.84 Å². The third kappa shape index (κ3) is 6.86. The van der Waals surface area contributed by atoms with Crippen LogP contribution in [0.3, 0.4) is 0 Å². The molecule has 7 heteroatoms. The molecule has 0 radical (unpaired) electrons. The van der Waals surface area contributed by atoms with Crippen molar-refractivity contribution >= 4 is 33.8 Å². The number of nitrogens with one attached hydrogen (secondary N) is 2. The molecule has 0 aliphatic carbocycles. The smallest absolute Gasteiger partial charge is 0.224 e. The van der Waals surface area contributed by atoms with E-state index in [2.05, 4.69) is 10.6 Å². The molecule has 0 atom stereocenters. The molecule has 0 heterocycles. The van der Waals surface area contributed by atoms with E-state index in [0.29, 0.717) is 22.6 Å². The van der Waals surface area contributed by atoms with Gasteiger partial charge >= 0.3 is 0 Å². The summed E-state index contributed by atoms with van der Waals surface area (Å²) >= 11 is 0. The minimum Gasteiger partial charge on any atom is -0.326 e. The first-order valence-corrected chi connectivity index (χ1v) is 9.48. The van der Waals surface area contributed by atoms with Crippen LogP contribution in [0.15, 0.2) is 59.5 Å². The van der Waals surface area contributed by atoms with E-state index in [0.717, 1.165) is 13.0 Å². The first kappa shape index (κ1) is 21.2. The Morgan fingerprint density at radius 3 is 2.44 bits per heavy atom. The largest absolute Gasteiger partial charge is 0.326 e. The maximum absolute atomic E-state index is 12.4. The van der Waals surface area contributed by atoms with Crippen LogP contribution < -0.4 is 10.6 Å². The Kier molecular flexibility index (Phi) is 8.61. The van der Waals surface area contributed by atoms with Crippen molar-refractivity contribution in [3.63, 3.8) is 0 Å². The highest BCUT2D eigenvalue weighted by molar-refractivity contribution is 7.90. The van der Waals surface area contributed by atoms with Gasteiger partial charge in [-0.25, -0.2) is 8.42 Å². The lowest BCUT2D eigenvalue weighted by Crippen LogP contribution is -2.15. The van der Waals surface area contributed by atoms with Gasteiger partial charge in [0.1, 0.15) is 0 Å².